The van der Waals surface area contributed by atoms with E-state index in [-0.39, 0.29) is 11.3 Å². The lowest BCUT2D eigenvalue weighted by Gasteiger charge is -2.20. The third-order valence-corrected chi connectivity index (χ3v) is 4.29. The van der Waals surface area contributed by atoms with Crippen molar-refractivity contribution in [3.05, 3.63) is 53.5 Å². The lowest BCUT2D eigenvalue weighted by molar-refractivity contribution is 0.0992. The van der Waals surface area contributed by atoms with Crippen LogP contribution in [0.15, 0.2) is 41.1 Å². The smallest absolute Gasteiger partial charge is 0.279 e. The molecule has 122 valence electrons. The summed E-state index contributed by atoms with van der Waals surface area (Å²) in [6.45, 7) is 6.88. The summed E-state index contributed by atoms with van der Waals surface area (Å²) >= 11 is 0. The Bertz CT molecular complexity index is 886. The molecule has 4 rings (SSSR count). The van der Waals surface area contributed by atoms with Gasteiger partial charge < -0.3 is 9.42 Å². The molecule has 0 saturated heterocycles. The molecule has 0 saturated carbocycles. The monoisotopic (exact) mass is 322 g/mol. The molecule has 1 N–H and O–H groups in total. The molecule has 0 fully saturated rings. The third-order valence-electron chi connectivity index (χ3n) is 4.29. The van der Waals surface area contributed by atoms with Crippen molar-refractivity contribution in [2.75, 3.05) is 4.90 Å². The van der Waals surface area contributed by atoms with Crippen molar-refractivity contribution in [3.8, 4) is 11.3 Å². The summed E-state index contributed by atoms with van der Waals surface area (Å²) in [6.07, 6.45) is 1.54. The maximum Gasteiger partial charge on any atom is 0.279 e. The summed E-state index contributed by atoms with van der Waals surface area (Å²) in [5, 5.41) is 11.2. The molecule has 1 aromatic carbocycles. The van der Waals surface area contributed by atoms with Crippen LogP contribution >= 0.6 is 0 Å². The average molecular weight is 322 g/mol. The van der Waals surface area contributed by atoms with Gasteiger partial charge in [0.05, 0.1) is 6.54 Å². The van der Waals surface area contributed by atoms with Crippen molar-refractivity contribution in [1.29, 1.82) is 0 Å². The van der Waals surface area contributed by atoms with E-state index in [1.54, 1.807) is 17.2 Å². The standard InChI is InChI=1S/C18H18N4O2/c1-18(2,3)16-13-10-22(17(23)15(13)19-20-16)12-6-4-11(5-7-12)14-8-9-24-21-14/h4-9H,10H2,1-3H3,(H,19,20). The third kappa shape index (κ3) is 2.22. The molecule has 1 aliphatic rings. The lowest BCUT2D eigenvalue weighted by Crippen LogP contribution is -2.24. The van der Waals surface area contributed by atoms with Crippen molar-refractivity contribution in [2.24, 2.45) is 0 Å². The predicted octanol–water partition coefficient (Wildman–Crippen LogP) is 3.52. The van der Waals surface area contributed by atoms with E-state index < -0.39 is 0 Å². The maximum absolute atomic E-state index is 12.7. The maximum atomic E-state index is 12.7. The Morgan fingerprint density at radius 2 is 1.92 bits per heavy atom. The van der Waals surface area contributed by atoms with E-state index in [1.165, 1.54) is 0 Å². The first-order valence-electron chi connectivity index (χ1n) is 7.85. The summed E-state index contributed by atoms with van der Waals surface area (Å²) in [4.78, 5) is 14.4. The average Bonchev–Trinajstić information content (AvgIpc) is 3.25. The SMILES string of the molecule is CC(C)(C)c1[nH]nc2c1CN(c1ccc(-c3ccon3)cc1)C2=O. The van der Waals surface area contributed by atoms with Crippen LogP contribution in [0, 0.1) is 0 Å². The number of aromatic nitrogens is 3. The van der Waals surface area contributed by atoms with Crippen molar-refractivity contribution in [2.45, 2.75) is 32.7 Å². The Labute approximate surface area is 139 Å². The fourth-order valence-corrected chi connectivity index (χ4v) is 3.06. The van der Waals surface area contributed by atoms with E-state index in [0.717, 1.165) is 28.2 Å². The molecule has 1 aliphatic heterocycles. The van der Waals surface area contributed by atoms with Crippen LogP contribution in [0.4, 0.5) is 5.69 Å². The molecule has 1 amide bonds. The first-order chi connectivity index (χ1) is 11.4. The molecule has 6 heteroatoms. The molecule has 2 aromatic heterocycles. The first-order valence-corrected chi connectivity index (χ1v) is 7.85. The van der Waals surface area contributed by atoms with Gasteiger partial charge in [-0.2, -0.15) is 5.10 Å². The van der Waals surface area contributed by atoms with Gasteiger partial charge >= 0.3 is 0 Å². The van der Waals surface area contributed by atoms with Crippen molar-refractivity contribution in [3.63, 3.8) is 0 Å². The molecule has 0 unspecified atom stereocenters. The fourth-order valence-electron chi connectivity index (χ4n) is 3.06. The number of H-pyrrole nitrogens is 1. The van der Waals surface area contributed by atoms with Crippen LogP contribution in [0.1, 0.15) is 42.5 Å². The van der Waals surface area contributed by atoms with Crippen LogP contribution in [0.2, 0.25) is 0 Å². The molecule has 0 aliphatic carbocycles. The van der Waals surface area contributed by atoms with Gasteiger partial charge in [0.2, 0.25) is 0 Å². The molecule has 0 spiro atoms. The van der Waals surface area contributed by atoms with Gasteiger partial charge in [0, 0.05) is 34.0 Å². The summed E-state index contributed by atoms with van der Waals surface area (Å²) < 4.78 is 4.87. The van der Waals surface area contributed by atoms with Crippen molar-refractivity contribution in [1.82, 2.24) is 15.4 Å². The van der Waals surface area contributed by atoms with E-state index in [2.05, 4.69) is 36.1 Å². The van der Waals surface area contributed by atoms with Gasteiger partial charge in [0.1, 0.15) is 12.0 Å². The second kappa shape index (κ2) is 5.06. The van der Waals surface area contributed by atoms with Crippen LogP contribution in [0.25, 0.3) is 11.3 Å². The fraction of sp³-hybridized carbons (Fsp3) is 0.278. The number of carbonyl (C=O) groups is 1. The number of rotatable bonds is 2. The molecule has 3 aromatic rings. The quantitative estimate of drug-likeness (QED) is 0.783. The number of benzene rings is 1. The topological polar surface area (TPSA) is 75.0 Å². The van der Waals surface area contributed by atoms with E-state index in [4.69, 9.17) is 4.52 Å². The Kier molecular flexibility index (Phi) is 3.09. The van der Waals surface area contributed by atoms with Gasteiger partial charge in [0.25, 0.3) is 5.91 Å². The van der Waals surface area contributed by atoms with Gasteiger partial charge in [-0.25, -0.2) is 0 Å². The highest BCUT2D eigenvalue weighted by Crippen LogP contribution is 2.34. The highest BCUT2D eigenvalue weighted by atomic mass is 16.5. The van der Waals surface area contributed by atoms with E-state index in [1.807, 2.05) is 24.3 Å². The van der Waals surface area contributed by atoms with Crippen molar-refractivity contribution >= 4 is 11.6 Å². The van der Waals surface area contributed by atoms with E-state index >= 15 is 0 Å². The van der Waals surface area contributed by atoms with E-state index in [9.17, 15) is 4.79 Å². The van der Waals surface area contributed by atoms with Gasteiger partial charge in [-0.3, -0.25) is 9.89 Å². The Balaban J connectivity index is 1.64. The van der Waals surface area contributed by atoms with Crippen LogP contribution in [0.3, 0.4) is 0 Å². The number of amides is 1. The largest absolute Gasteiger partial charge is 0.364 e. The second-order valence-electron chi connectivity index (χ2n) is 7.00. The minimum absolute atomic E-state index is 0.0639. The molecule has 0 radical (unpaired) electrons. The number of aromatic amines is 1. The van der Waals surface area contributed by atoms with E-state index in [0.29, 0.717) is 12.2 Å². The lowest BCUT2D eigenvalue weighted by atomic mass is 9.89. The zero-order valence-electron chi connectivity index (χ0n) is 13.8. The molecule has 0 atom stereocenters. The second-order valence-corrected chi connectivity index (χ2v) is 7.00. The highest BCUT2D eigenvalue weighted by Gasteiger charge is 2.36. The molecule has 24 heavy (non-hydrogen) atoms. The first kappa shape index (κ1) is 14.7. The van der Waals surface area contributed by atoms with Gasteiger partial charge in [-0.1, -0.05) is 38.1 Å². The molecule has 3 heterocycles. The Morgan fingerprint density at radius 3 is 2.54 bits per heavy atom. The Morgan fingerprint density at radius 1 is 1.17 bits per heavy atom. The zero-order valence-corrected chi connectivity index (χ0v) is 13.8. The number of hydrogen-bond donors (Lipinski definition) is 1. The van der Waals surface area contributed by atoms with Crippen LogP contribution in [-0.4, -0.2) is 21.3 Å². The number of hydrogen-bond acceptors (Lipinski definition) is 4. The number of carbonyl (C=O) groups excluding carboxylic acids is 1. The van der Waals surface area contributed by atoms with Crippen LogP contribution < -0.4 is 4.90 Å². The highest BCUT2D eigenvalue weighted by molar-refractivity contribution is 6.09. The van der Waals surface area contributed by atoms with Crippen LogP contribution in [-0.2, 0) is 12.0 Å². The predicted molar refractivity (Wildman–Crippen MR) is 89.7 cm³/mol. The molecule has 0 bridgehead atoms. The molecular formula is C18H18N4O2. The van der Waals surface area contributed by atoms with Gasteiger partial charge in [-0.05, 0) is 12.1 Å². The summed E-state index contributed by atoms with van der Waals surface area (Å²) in [6, 6.07) is 9.53. The molecule has 6 nitrogen and oxygen atoms in total. The van der Waals surface area contributed by atoms with Gasteiger partial charge in [0.15, 0.2) is 5.69 Å². The number of anilines is 1. The zero-order chi connectivity index (χ0) is 16.9. The summed E-state index contributed by atoms with van der Waals surface area (Å²) in [5.41, 5.74) is 5.05. The Hall–Kier alpha value is -2.89. The number of fused-ring (bicyclic) bond motifs is 1. The number of nitrogens with one attached hydrogen (secondary N) is 1. The minimum Gasteiger partial charge on any atom is -0.364 e. The van der Waals surface area contributed by atoms with Gasteiger partial charge in [-0.15, -0.1) is 0 Å². The van der Waals surface area contributed by atoms with Crippen molar-refractivity contribution < 1.29 is 9.32 Å². The minimum atomic E-state index is -0.0757. The number of nitrogens with zero attached hydrogens (tertiary/aromatic N) is 3. The summed E-state index contributed by atoms with van der Waals surface area (Å²) in [5.74, 6) is -0.0639. The summed E-state index contributed by atoms with van der Waals surface area (Å²) in [7, 11) is 0. The van der Waals surface area contributed by atoms with Crippen LogP contribution in [0.5, 0.6) is 0 Å². The normalized spacial score (nSPS) is 14.3. The molecular weight excluding hydrogens is 304 g/mol.